The van der Waals surface area contributed by atoms with Crippen molar-refractivity contribution >= 4 is 17.3 Å². The highest BCUT2D eigenvalue weighted by molar-refractivity contribution is 5.94. The number of aromatic carboxylic acids is 1. The van der Waals surface area contributed by atoms with Crippen molar-refractivity contribution in [1.82, 2.24) is 0 Å². The van der Waals surface area contributed by atoms with E-state index in [0.717, 1.165) is 18.5 Å². The van der Waals surface area contributed by atoms with Crippen LogP contribution in [0.5, 0.6) is 0 Å². The van der Waals surface area contributed by atoms with Gasteiger partial charge in [0, 0.05) is 16.9 Å². The van der Waals surface area contributed by atoms with Crippen LogP contribution in [0.2, 0.25) is 0 Å². The van der Waals surface area contributed by atoms with Crippen LogP contribution >= 0.6 is 0 Å². The maximum atomic E-state index is 11.0. The third-order valence-electron chi connectivity index (χ3n) is 3.69. The zero-order valence-corrected chi connectivity index (χ0v) is 10.7. The van der Waals surface area contributed by atoms with Gasteiger partial charge in [0.05, 0.1) is 5.56 Å². The molecule has 18 heavy (non-hydrogen) atoms. The number of hydrogen-bond acceptors (Lipinski definition) is 3. The Bertz CT molecular complexity index is 451. The molecule has 1 aromatic rings. The van der Waals surface area contributed by atoms with Crippen LogP contribution < -0.4 is 11.1 Å². The second-order valence-electron chi connectivity index (χ2n) is 5.35. The number of nitrogens with one attached hydrogen (secondary N) is 1. The minimum atomic E-state index is -0.982. The van der Waals surface area contributed by atoms with Crippen LogP contribution in [0.1, 0.15) is 49.4 Å². The number of benzene rings is 1. The van der Waals surface area contributed by atoms with E-state index < -0.39 is 5.97 Å². The van der Waals surface area contributed by atoms with Gasteiger partial charge in [-0.1, -0.05) is 19.3 Å². The first-order valence-electron chi connectivity index (χ1n) is 6.41. The molecule has 0 amide bonds. The van der Waals surface area contributed by atoms with Crippen molar-refractivity contribution in [3.05, 3.63) is 23.8 Å². The second kappa shape index (κ2) is 4.88. The Balaban J connectivity index is 2.18. The molecular formula is C14H20N2O2. The number of nitrogens with two attached hydrogens (primary N) is 1. The summed E-state index contributed by atoms with van der Waals surface area (Å²) >= 11 is 0. The van der Waals surface area contributed by atoms with Crippen molar-refractivity contribution in [3.8, 4) is 0 Å². The van der Waals surface area contributed by atoms with Crippen molar-refractivity contribution in [3.63, 3.8) is 0 Å². The molecule has 4 heteroatoms. The molecule has 1 aromatic carbocycles. The van der Waals surface area contributed by atoms with Gasteiger partial charge in [0.25, 0.3) is 0 Å². The number of carbonyl (C=O) groups is 1. The van der Waals surface area contributed by atoms with Gasteiger partial charge in [0.2, 0.25) is 0 Å². The monoisotopic (exact) mass is 248 g/mol. The summed E-state index contributed by atoms with van der Waals surface area (Å²) < 4.78 is 0. The molecule has 0 unspecified atom stereocenters. The average molecular weight is 248 g/mol. The molecule has 0 saturated heterocycles. The molecule has 1 saturated carbocycles. The van der Waals surface area contributed by atoms with Gasteiger partial charge in [0.1, 0.15) is 0 Å². The molecular weight excluding hydrogens is 228 g/mol. The van der Waals surface area contributed by atoms with Gasteiger partial charge in [-0.25, -0.2) is 4.79 Å². The van der Waals surface area contributed by atoms with Crippen molar-refractivity contribution in [2.24, 2.45) is 0 Å². The molecule has 2 rings (SSSR count). The highest BCUT2D eigenvalue weighted by Crippen LogP contribution is 2.31. The lowest BCUT2D eigenvalue weighted by molar-refractivity contribution is 0.0698. The zero-order chi connectivity index (χ0) is 13.2. The third kappa shape index (κ3) is 2.75. The zero-order valence-electron chi connectivity index (χ0n) is 10.7. The number of rotatable bonds is 3. The van der Waals surface area contributed by atoms with E-state index in [1.54, 1.807) is 12.1 Å². The maximum absolute atomic E-state index is 11.0. The quantitative estimate of drug-likeness (QED) is 0.718. The summed E-state index contributed by atoms with van der Waals surface area (Å²) in [6.07, 6.45) is 5.99. The Kier molecular flexibility index (Phi) is 3.45. The number of carboxylic acid groups (broad SMARTS) is 1. The Morgan fingerprint density at radius 2 is 2.00 bits per heavy atom. The largest absolute Gasteiger partial charge is 0.478 e. The molecule has 0 heterocycles. The lowest BCUT2D eigenvalue weighted by atomic mass is 9.83. The van der Waals surface area contributed by atoms with Crippen LogP contribution in [-0.2, 0) is 0 Å². The van der Waals surface area contributed by atoms with Gasteiger partial charge >= 0.3 is 5.97 Å². The minimum absolute atomic E-state index is 0.0736. The number of hydrogen-bond donors (Lipinski definition) is 3. The van der Waals surface area contributed by atoms with Crippen LogP contribution in [0.15, 0.2) is 18.2 Å². The summed E-state index contributed by atoms with van der Waals surface area (Å²) in [7, 11) is 0. The lowest BCUT2D eigenvalue weighted by Gasteiger charge is -2.35. The fourth-order valence-corrected chi connectivity index (χ4v) is 2.62. The lowest BCUT2D eigenvalue weighted by Crippen LogP contribution is -2.36. The summed E-state index contributed by atoms with van der Waals surface area (Å²) in [5.41, 5.74) is 7.03. The summed E-state index contributed by atoms with van der Waals surface area (Å²) in [4.78, 5) is 11.0. The fraction of sp³-hybridized carbons (Fsp3) is 0.500. The number of anilines is 2. The highest BCUT2D eigenvalue weighted by Gasteiger charge is 2.26. The van der Waals surface area contributed by atoms with E-state index in [1.165, 1.54) is 19.3 Å². The first kappa shape index (κ1) is 12.7. The predicted octanol–water partition coefficient (Wildman–Crippen LogP) is 3.10. The molecule has 0 spiro atoms. The molecule has 0 bridgehead atoms. The predicted molar refractivity (Wildman–Crippen MR) is 72.9 cm³/mol. The first-order chi connectivity index (χ1) is 8.50. The van der Waals surface area contributed by atoms with Crippen molar-refractivity contribution in [1.29, 1.82) is 0 Å². The van der Waals surface area contributed by atoms with Gasteiger partial charge in [0.15, 0.2) is 0 Å². The second-order valence-corrected chi connectivity index (χ2v) is 5.35. The molecule has 4 N–H and O–H groups in total. The van der Waals surface area contributed by atoms with Gasteiger partial charge in [-0.3, -0.25) is 0 Å². The molecule has 4 nitrogen and oxygen atoms in total. The number of nitrogen functional groups attached to an aromatic ring is 1. The number of carboxylic acids is 1. The summed E-state index contributed by atoms with van der Waals surface area (Å²) in [5, 5.41) is 12.5. The third-order valence-corrected chi connectivity index (χ3v) is 3.69. The molecule has 0 atom stereocenters. The van der Waals surface area contributed by atoms with Crippen molar-refractivity contribution in [2.45, 2.75) is 44.6 Å². The summed E-state index contributed by atoms with van der Waals surface area (Å²) in [6.45, 7) is 2.20. The van der Waals surface area contributed by atoms with E-state index in [9.17, 15) is 4.79 Å². The molecule has 98 valence electrons. The van der Waals surface area contributed by atoms with E-state index in [0.29, 0.717) is 5.69 Å². The van der Waals surface area contributed by atoms with Crippen LogP contribution in [0.3, 0.4) is 0 Å². The standard InChI is InChI=1S/C14H20N2O2/c1-14(7-3-2-4-8-14)16-10-5-6-12(15)11(9-10)13(17)18/h5-6,9,16H,2-4,7-8,15H2,1H3,(H,17,18). The molecule has 0 radical (unpaired) electrons. The fourth-order valence-electron chi connectivity index (χ4n) is 2.62. The molecule has 0 aliphatic heterocycles. The van der Waals surface area contributed by atoms with Crippen LogP contribution in [0.25, 0.3) is 0 Å². The first-order valence-corrected chi connectivity index (χ1v) is 6.41. The molecule has 1 fully saturated rings. The minimum Gasteiger partial charge on any atom is -0.478 e. The Labute approximate surface area is 107 Å². The highest BCUT2D eigenvalue weighted by atomic mass is 16.4. The van der Waals surface area contributed by atoms with Gasteiger partial charge in [-0.05, 0) is 38.0 Å². The molecule has 0 aromatic heterocycles. The van der Waals surface area contributed by atoms with Gasteiger partial charge in [-0.15, -0.1) is 0 Å². The van der Waals surface area contributed by atoms with E-state index in [1.807, 2.05) is 6.07 Å². The van der Waals surface area contributed by atoms with E-state index in [-0.39, 0.29) is 11.1 Å². The smallest absolute Gasteiger partial charge is 0.337 e. The van der Waals surface area contributed by atoms with E-state index in [4.69, 9.17) is 10.8 Å². The van der Waals surface area contributed by atoms with Crippen molar-refractivity contribution in [2.75, 3.05) is 11.1 Å². The van der Waals surface area contributed by atoms with Crippen LogP contribution in [-0.4, -0.2) is 16.6 Å². The Morgan fingerprint density at radius 1 is 1.33 bits per heavy atom. The Hall–Kier alpha value is -1.71. The normalized spacial score (nSPS) is 18.3. The van der Waals surface area contributed by atoms with Crippen LogP contribution in [0, 0.1) is 0 Å². The van der Waals surface area contributed by atoms with E-state index >= 15 is 0 Å². The molecule has 1 aliphatic carbocycles. The average Bonchev–Trinajstić information content (AvgIpc) is 2.32. The molecule has 1 aliphatic rings. The van der Waals surface area contributed by atoms with Gasteiger partial charge in [-0.2, -0.15) is 0 Å². The van der Waals surface area contributed by atoms with E-state index in [2.05, 4.69) is 12.2 Å². The summed E-state index contributed by atoms with van der Waals surface area (Å²) in [6, 6.07) is 5.12. The summed E-state index contributed by atoms with van der Waals surface area (Å²) in [5.74, 6) is -0.982. The Morgan fingerprint density at radius 3 is 2.61 bits per heavy atom. The van der Waals surface area contributed by atoms with Crippen LogP contribution in [0.4, 0.5) is 11.4 Å². The maximum Gasteiger partial charge on any atom is 0.337 e. The topological polar surface area (TPSA) is 75.3 Å². The van der Waals surface area contributed by atoms with Crippen molar-refractivity contribution < 1.29 is 9.90 Å². The van der Waals surface area contributed by atoms with Gasteiger partial charge < -0.3 is 16.2 Å². The SMILES string of the molecule is CC1(Nc2ccc(N)c(C(=O)O)c2)CCCCC1.